The molecule has 0 unspecified atom stereocenters. The fourth-order valence-electron chi connectivity index (χ4n) is 2.22. The van der Waals surface area contributed by atoms with Crippen LogP contribution < -0.4 is 10.4 Å². The largest absolute Gasteiger partial charge is 0.295 e. The van der Waals surface area contributed by atoms with Gasteiger partial charge in [0.1, 0.15) is 4.90 Å². The Kier molecular flexibility index (Phi) is 4.94. The van der Waals surface area contributed by atoms with Gasteiger partial charge in [-0.3, -0.25) is 19.8 Å². The maximum Gasteiger partial charge on any atom is 0.295 e. The van der Waals surface area contributed by atoms with Crippen molar-refractivity contribution in [1.82, 2.24) is 5.43 Å². The summed E-state index contributed by atoms with van der Waals surface area (Å²) in [5.74, 6) is -0.231. The number of anilines is 1. The van der Waals surface area contributed by atoms with Crippen molar-refractivity contribution in [3.05, 3.63) is 36.4 Å². The molecule has 2 rings (SSSR count). The first-order chi connectivity index (χ1) is 10.4. The molecule has 0 aliphatic heterocycles. The van der Waals surface area contributed by atoms with Crippen LogP contribution in [0.4, 0.5) is 5.69 Å². The minimum Gasteiger partial charge on any atom is -0.285 e. The van der Waals surface area contributed by atoms with Crippen LogP contribution in [-0.2, 0) is 14.9 Å². The second-order valence-electron chi connectivity index (χ2n) is 4.54. The highest BCUT2D eigenvalue weighted by atomic mass is 32.2. The zero-order valence-corrected chi connectivity index (χ0v) is 13.6. The minimum atomic E-state index is -4.32. The standard InChI is InChI=1S/C14H16N2O4S2/c1-2-16(15-14(17)9-21)12-7-3-6-11-10(12)5-4-8-13(11)22(18,19)20/h3-8,21H,2,9H2,1H3,(H,15,17)(H,18,19,20). The second-order valence-corrected chi connectivity index (χ2v) is 6.25. The summed E-state index contributed by atoms with van der Waals surface area (Å²) in [7, 11) is -4.32. The number of amides is 1. The molecule has 0 heterocycles. The molecule has 0 saturated carbocycles. The summed E-state index contributed by atoms with van der Waals surface area (Å²) in [6.45, 7) is 2.33. The SMILES string of the molecule is CCN(NC(=O)CS)c1cccc2c(S(=O)(=O)O)cccc12. The third kappa shape index (κ3) is 3.34. The Morgan fingerprint density at radius 1 is 1.23 bits per heavy atom. The first-order valence-corrected chi connectivity index (χ1v) is 8.63. The normalized spacial score (nSPS) is 11.4. The van der Waals surface area contributed by atoms with Gasteiger partial charge in [-0.05, 0) is 19.1 Å². The summed E-state index contributed by atoms with van der Waals surface area (Å²) in [4.78, 5) is 11.4. The summed E-state index contributed by atoms with van der Waals surface area (Å²) in [5.41, 5.74) is 3.33. The Morgan fingerprint density at radius 3 is 2.45 bits per heavy atom. The van der Waals surface area contributed by atoms with Gasteiger partial charge in [-0.25, -0.2) is 0 Å². The zero-order valence-electron chi connectivity index (χ0n) is 11.9. The predicted octanol–water partition coefficient (Wildman–Crippen LogP) is 1.87. The van der Waals surface area contributed by atoms with Crippen molar-refractivity contribution < 1.29 is 17.8 Å². The molecule has 2 aromatic rings. The topological polar surface area (TPSA) is 86.7 Å². The molecular formula is C14H16N2O4S2. The average Bonchev–Trinajstić information content (AvgIpc) is 2.50. The number of benzene rings is 2. The van der Waals surface area contributed by atoms with Crippen molar-refractivity contribution in [3.63, 3.8) is 0 Å². The van der Waals surface area contributed by atoms with Crippen LogP contribution in [0.25, 0.3) is 10.8 Å². The van der Waals surface area contributed by atoms with Crippen molar-refractivity contribution >= 4 is 45.1 Å². The molecule has 1 amide bonds. The van der Waals surface area contributed by atoms with Crippen LogP contribution in [0.3, 0.4) is 0 Å². The molecule has 0 atom stereocenters. The van der Waals surface area contributed by atoms with E-state index in [-0.39, 0.29) is 16.6 Å². The number of hydrogen-bond donors (Lipinski definition) is 3. The Labute approximate surface area is 134 Å². The fourth-order valence-corrected chi connectivity index (χ4v) is 3.00. The lowest BCUT2D eigenvalue weighted by Gasteiger charge is -2.25. The van der Waals surface area contributed by atoms with Crippen LogP contribution in [0.2, 0.25) is 0 Å². The molecular weight excluding hydrogens is 324 g/mol. The highest BCUT2D eigenvalue weighted by Gasteiger charge is 2.17. The molecule has 0 fully saturated rings. The Balaban J connectivity index is 2.63. The van der Waals surface area contributed by atoms with E-state index < -0.39 is 10.1 Å². The third-order valence-corrected chi connectivity index (χ3v) is 4.35. The van der Waals surface area contributed by atoms with E-state index in [2.05, 4.69) is 18.1 Å². The lowest BCUT2D eigenvalue weighted by Crippen LogP contribution is -2.43. The van der Waals surface area contributed by atoms with Gasteiger partial charge >= 0.3 is 0 Å². The van der Waals surface area contributed by atoms with E-state index in [1.807, 2.05) is 6.92 Å². The van der Waals surface area contributed by atoms with Gasteiger partial charge in [0.05, 0.1) is 11.4 Å². The number of hydrazine groups is 1. The number of nitrogens with one attached hydrogen (secondary N) is 1. The Bertz CT molecular complexity index is 806. The summed E-state index contributed by atoms with van der Waals surface area (Å²) in [6.07, 6.45) is 0. The number of rotatable bonds is 5. The number of carbonyl (C=O) groups excluding carboxylic acids is 1. The van der Waals surface area contributed by atoms with Crippen LogP contribution in [0.1, 0.15) is 6.92 Å². The predicted molar refractivity (Wildman–Crippen MR) is 88.8 cm³/mol. The van der Waals surface area contributed by atoms with Gasteiger partial charge in [-0.15, -0.1) is 0 Å². The highest BCUT2D eigenvalue weighted by Crippen LogP contribution is 2.30. The second kappa shape index (κ2) is 6.55. The molecule has 0 saturated heterocycles. The maximum absolute atomic E-state index is 11.6. The van der Waals surface area contributed by atoms with Crippen LogP contribution in [-0.4, -0.2) is 31.2 Å². The molecule has 118 valence electrons. The number of nitrogens with zero attached hydrogens (tertiary/aromatic N) is 1. The monoisotopic (exact) mass is 340 g/mol. The molecule has 0 aromatic heterocycles. The Hall–Kier alpha value is -1.77. The Morgan fingerprint density at radius 2 is 1.86 bits per heavy atom. The van der Waals surface area contributed by atoms with E-state index in [0.29, 0.717) is 23.0 Å². The number of thiol groups is 1. The van der Waals surface area contributed by atoms with Gasteiger partial charge in [0.25, 0.3) is 10.1 Å². The van der Waals surface area contributed by atoms with Crippen molar-refractivity contribution in [2.24, 2.45) is 0 Å². The first-order valence-electron chi connectivity index (χ1n) is 6.55. The molecule has 0 spiro atoms. The van der Waals surface area contributed by atoms with Crippen LogP contribution in [0.15, 0.2) is 41.3 Å². The summed E-state index contributed by atoms with van der Waals surface area (Å²) in [5, 5.41) is 2.61. The molecule has 6 nitrogen and oxygen atoms in total. The average molecular weight is 340 g/mol. The van der Waals surface area contributed by atoms with Crippen molar-refractivity contribution in [3.8, 4) is 0 Å². The van der Waals surface area contributed by atoms with Crippen LogP contribution >= 0.6 is 12.6 Å². The fraction of sp³-hybridized carbons (Fsp3) is 0.214. The summed E-state index contributed by atoms with van der Waals surface area (Å²) >= 11 is 3.92. The van der Waals surface area contributed by atoms with E-state index >= 15 is 0 Å². The van der Waals surface area contributed by atoms with E-state index in [0.717, 1.165) is 0 Å². The molecule has 8 heteroatoms. The molecule has 0 bridgehead atoms. The quantitative estimate of drug-likeness (QED) is 0.439. The van der Waals surface area contributed by atoms with Gasteiger partial charge in [0.15, 0.2) is 0 Å². The van der Waals surface area contributed by atoms with Gasteiger partial charge in [-0.2, -0.15) is 21.0 Å². The van der Waals surface area contributed by atoms with Crippen LogP contribution in [0.5, 0.6) is 0 Å². The van der Waals surface area contributed by atoms with E-state index in [9.17, 15) is 17.8 Å². The maximum atomic E-state index is 11.6. The van der Waals surface area contributed by atoms with Gasteiger partial charge in [0, 0.05) is 17.3 Å². The number of hydrogen-bond acceptors (Lipinski definition) is 5. The third-order valence-electron chi connectivity index (χ3n) is 3.15. The molecule has 2 aromatic carbocycles. The zero-order chi connectivity index (χ0) is 16.3. The molecule has 0 radical (unpaired) electrons. The van der Waals surface area contributed by atoms with Gasteiger partial charge < -0.3 is 0 Å². The van der Waals surface area contributed by atoms with Gasteiger partial charge in [-0.1, -0.05) is 24.3 Å². The summed E-state index contributed by atoms with van der Waals surface area (Å²) in [6, 6.07) is 9.65. The van der Waals surface area contributed by atoms with E-state index in [4.69, 9.17) is 0 Å². The molecule has 0 aliphatic rings. The van der Waals surface area contributed by atoms with Crippen molar-refractivity contribution in [1.29, 1.82) is 0 Å². The summed E-state index contributed by atoms with van der Waals surface area (Å²) < 4.78 is 32.3. The molecule has 0 aliphatic carbocycles. The molecule has 2 N–H and O–H groups in total. The van der Waals surface area contributed by atoms with Crippen molar-refractivity contribution in [2.75, 3.05) is 17.3 Å². The van der Waals surface area contributed by atoms with Crippen molar-refractivity contribution in [2.45, 2.75) is 11.8 Å². The van der Waals surface area contributed by atoms with E-state index in [1.54, 1.807) is 35.3 Å². The smallest absolute Gasteiger partial charge is 0.285 e. The highest BCUT2D eigenvalue weighted by molar-refractivity contribution is 7.86. The first kappa shape index (κ1) is 16.6. The van der Waals surface area contributed by atoms with E-state index in [1.165, 1.54) is 6.07 Å². The lowest BCUT2D eigenvalue weighted by molar-refractivity contribution is -0.118. The lowest BCUT2D eigenvalue weighted by atomic mass is 10.1. The number of carbonyl (C=O) groups is 1. The number of fused-ring (bicyclic) bond motifs is 1. The minimum absolute atomic E-state index is 0.0392. The van der Waals surface area contributed by atoms with Gasteiger partial charge in [0.2, 0.25) is 5.91 Å². The molecule has 22 heavy (non-hydrogen) atoms. The van der Waals surface area contributed by atoms with Crippen LogP contribution in [0, 0.1) is 0 Å².